The molecule has 3 aromatic carbocycles. The van der Waals surface area contributed by atoms with Crippen molar-refractivity contribution < 1.29 is 33.7 Å². The van der Waals surface area contributed by atoms with Gasteiger partial charge in [-0.1, -0.05) is 34.1 Å². The van der Waals surface area contributed by atoms with Gasteiger partial charge in [0.2, 0.25) is 5.78 Å². The molecule has 0 radical (unpaired) electrons. The van der Waals surface area contributed by atoms with E-state index in [1.807, 2.05) is 18.2 Å². The fraction of sp³-hybridized carbons (Fsp3) is 0.172. The third-order valence-electron chi connectivity index (χ3n) is 6.55. The normalized spacial score (nSPS) is 15.4. The number of aliphatic hydroxyl groups excluding tert-OH is 1. The Morgan fingerprint density at radius 1 is 0.974 bits per heavy atom. The number of carbonyl (C=O) groups excluding carboxylic acids is 2. The minimum atomic E-state index is -0.879. The number of hydrogen-bond acceptors (Lipinski definition) is 7. The quantitative estimate of drug-likeness (QED) is 0.257. The first-order valence-electron chi connectivity index (χ1n) is 11.8. The molecule has 5 rings (SSSR count). The Labute approximate surface area is 226 Å². The molecule has 1 aliphatic heterocycles. The van der Waals surface area contributed by atoms with Gasteiger partial charge in [0.15, 0.2) is 23.0 Å². The number of amides is 1. The van der Waals surface area contributed by atoms with Crippen molar-refractivity contribution >= 4 is 38.6 Å². The van der Waals surface area contributed by atoms with Crippen LogP contribution in [-0.4, -0.2) is 47.6 Å². The summed E-state index contributed by atoms with van der Waals surface area (Å²) < 4.78 is 17.3. The number of aromatic hydroxyl groups is 1. The van der Waals surface area contributed by atoms with Gasteiger partial charge in [0.25, 0.3) is 5.91 Å². The molecule has 1 unspecified atom stereocenters. The molecule has 4 aromatic rings. The molecular formula is C29H24BrNO7. The maximum Gasteiger partial charge on any atom is 0.290 e. The molecule has 8 nitrogen and oxygen atoms in total. The average Bonchev–Trinajstić information content (AvgIpc) is 3.45. The first-order chi connectivity index (χ1) is 18.3. The van der Waals surface area contributed by atoms with Crippen LogP contribution in [0.15, 0.2) is 87.0 Å². The summed E-state index contributed by atoms with van der Waals surface area (Å²) in [5, 5.41) is 21.5. The number of carbonyl (C=O) groups is 2. The van der Waals surface area contributed by atoms with Crippen LogP contribution < -0.4 is 9.47 Å². The van der Waals surface area contributed by atoms with E-state index in [4.69, 9.17) is 13.9 Å². The SMILES string of the molecule is COc1ccc(CCN2C(=O)C(O)=C(C(=O)c3cc4cc(Br)ccc4o3)C2c2ccc(O)cc2)cc1OC. The number of rotatable bonds is 8. The maximum atomic E-state index is 13.7. The molecule has 1 amide bonds. The number of fused-ring (bicyclic) bond motifs is 1. The molecule has 0 saturated heterocycles. The summed E-state index contributed by atoms with van der Waals surface area (Å²) in [6, 6.07) is 17.7. The smallest absolute Gasteiger partial charge is 0.290 e. The number of halogens is 1. The number of hydrogen-bond donors (Lipinski definition) is 2. The van der Waals surface area contributed by atoms with Crippen LogP contribution in [0.2, 0.25) is 0 Å². The number of aliphatic hydroxyl groups is 1. The monoisotopic (exact) mass is 577 g/mol. The molecule has 0 aliphatic carbocycles. The molecule has 2 heterocycles. The second-order valence-electron chi connectivity index (χ2n) is 8.82. The average molecular weight is 578 g/mol. The van der Waals surface area contributed by atoms with Gasteiger partial charge in [-0.05, 0) is 66.1 Å². The van der Waals surface area contributed by atoms with E-state index in [0.29, 0.717) is 34.5 Å². The van der Waals surface area contributed by atoms with Crippen LogP contribution in [0.4, 0.5) is 0 Å². The summed E-state index contributed by atoms with van der Waals surface area (Å²) in [5.41, 5.74) is 1.87. The van der Waals surface area contributed by atoms with Gasteiger partial charge < -0.3 is 29.0 Å². The molecule has 0 bridgehead atoms. The van der Waals surface area contributed by atoms with Crippen molar-refractivity contribution in [2.45, 2.75) is 12.5 Å². The van der Waals surface area contributed by atoms with Crippen LogP contribution in [-0.2, 0) is 11.2 Å². The lowest BCUT2D eigenvalue weighted by Crippen LogP contribution is -2.33. The molecule has 9 heteroatoms. The Hall–Kier alpha value is -4.24. The summed E-state index contributed by atoms with van der Waals surface area (Å²) in [5.74, 6) is -0.679. The summed E-state index contributed by atoms with van der Waals surface area (Å²) in [4.78, 5) is 28.4. The van der Waals surface area contributed by atoms with E-state index < -0.39 is 23.5 Å². The van der Waals surface area contributed by atoms with E-state index in [1.165, 1.54) is 17.0 Å². The molecule has 1 aliphatic rings. The van der Waals surface area contributed by atoms with Crippen LogP contribution >= 0.6 is 15.9 Å². The van der Waals surface area contributed by atoms with E-state index in [1.54, 1.807) is 50.6 Å². The molecule has 38 heavy (non-hydrogen) atoms. The van der Waals surface area contributed by atoms with Crippen LogP contribution in [0.3, 0.4) is 0 Å². The van der Waals surface area contributed by atoms with Crippen molar-refractivity contribution in [2.24, 2.45) is 0 Å². The molecule has 0 fully saturated rings. The molecule has 1 atom stereocenters. The van der Waals surface area contributed by atoms with E-state index >= 15 is 0 Å². The molecule has 194 valence electrons. The molecule has 0 saturated carbocycles. The molecule has 1 aromatic heterocycles. The largest absolute Gasteiger partial charge is 0.508 e. The Bertz CT molecular complexity index is 1570. The standard InChI is InChI=1S/C29H24BrNO7/c1-36-22-9-3-16(13-23(22)37-2)11-12-31-26(17-4-7-20(32)8-5-17)25(28(34)29(31)35)27(33)24-15-18-14-19(30)6-10-21(18)38-24/h3-10,13-15,26,32,34H,11-12H2,1-2H3. The number of ketones is 1. The van der Waals surface area contributed by atoms with Gasteiger partial charge in [0, 0.05) is 16.4 Å². The number of nitrogens with zero attached hydrogens (tertiary/aromatic N) is 1. The fourth-order valence-electron chi connectivity index (χ4n) is 4.66. The Kier molecular flexibility index (Phi) is 6.86. The zero-order chi connectivity index (χ0) is 27.0. The Morgan fingerprint density at radius 3 is 2.42 bits per heavy atom. The van der Waals surface area contributed by atoms with Gasteiger partial charge >= 0.3 is 0 Å². The highest BCUT2D eigenvalue weighted by molar-refractivity contribution is 9.10. The van der Waals surface area contributed by atoms with Crippen molar-refractivity contribution in [2.75, 3.05) is 20.8 Å². The summed E-state index contributed by atoms with van der Waals surface area (Å²) in [7, 11) is 3.10. The third-order valence-corrected chi connectivity index (χ3v) is 7.04. The maximum absolute atomic E-state index is 13.7. The Morgan fingerprint density at radius 2 is 1.71 bits per heavy atom. The van der Waals surface area contributed by atoms with Crippen molar-refractivity contribution in [3.63, 3.8) is 0 Å². The molecule has 2 N–H and O–H groups in total. The zero-order valence-electron chi connectivity index (χ0n) is 20.6. The molecular weight excluding hydrogens is 554 g/mol. The lowest BCUT2D eigenvalue weighted by Gasteiger charge is -2.27. The number of phenols is 1. The summed E-state index contributed by atoms with van der Waals surface area (Å²) in [6.45, 7) is 0.202. The number of benzene rings is 3. The topological polar surface area (TPSA) is 109 Å². The third kappa shape index (κ3) is 4.61. The van der Waals surface area contributed by atoms with E-state index in [-0.39, 0.29) is 23.6 Å². The number of methoxy groups -OCH3 is 2. The number of furan rings is 1. The minimum absolute atomic E-state index is 0.0120. The second kappa shape index (κ2) is 10.3. The van der Waals surface area contributed by atoms with Crippen molar-refractivity contribution in [3.05, 3.63) is 99.4 Å². The zero-order valence-corrected chi connectivity index (χ0v) is 22.2. The van der Waals surface area contributed by atoms with E-state index in [0.717, 1.165) is 10.0 Å². The lowest BCUT2D eigenvalue weighted by atomic mass is 9.94. The number of ether oxygens (including phenoxy) is 2. The van der Waals surface area contributed by atoms with Crippen LogP contribution in [0.1, 0.15) is 27.7 Å². The minimum Gasteiger partial charge on any atom is -0.508 e. The number of phenolic OH excluding ortho intramolecular Hbond substituents is 1. The highest BCUT2D eigenvalue weighted by Crippen LogP contribution is 2.40. The summed E-state index contributed by atoms with van der Waals surface area (Å²) in [6.07, 6.45) is 0.425. The fourth-order valence-corrected chi connectivity index (χ4v) is 5.04. The van der Waals surface area contributed by atoms with Crippen molar-refractivity contribution in [1.82, 2.24) is 4.90 Å². The first-order valence-corrected chi connectivity index (χ1v) is 12.6. The van der Waals surface area contributed by atoms with Crippen molar-refractivity contribution in [3.8, 4) is 17.2 Å². The predicted molar refractivity (Wildman–Crippen MR) is 144 cm³/mol. The molecule has 0 spiro atoms. The predicted octanol–water partition coefficient (Wildman–Crippen LogP) is 5.74. The first kappa shape index (κ1) is 25.4. The second-order valence-corrected chi connectivity index (χ2v) is 9.73. The van der Waals surface area contributed by atoms with Crippen LogP contribution in [0.25, 0.3) is 11.0 Å². The van der Waals surface area contributed by atoms with Crippen LogP contribution in [0, 0.1) is 0 Å². The van der Waals surface area contributed by atoms with Gasteiger partial charge in [-0.15, -0.1) is 0 Å². The van der Waals surface area contributed by atoms with Gasteiger partial charge in [0.1, 0.15) is 11.3 Å². The van der Waals surface area contributed by atoms with Gasteiger partial charge in [-0.25, -0.2) is 0 Å². The van der Waals surface area contributed by atoms with Gasteiger partial charge in [-0.3, -0.25) is 9.59 Å². The van der Waals surface area contributed by atoms with E-state index in [9.17, 15) is 19.8 Å². The lowest BCUT2D eigenvalue weighted by molar-refractivity contribution is -0.129. The van der Waals surface area contributed by atoms with Crippen molar-refractivity contribution in [1.29, 1.82) is 0 Å². The summed E-state index contributed by atoms with van der Waals surface area (Å²) >= 11 is 3.41. The van der Waals surface area contributed by atoms with E-state index in [2.05, 4.69) is 15.9 Å². The highest BCUT2D eigenvalue weighted by Gasteiger charge is 2.44. The van der Waals surface area contributed by atoms with Gasteiger partial charge in [0.05, 0.1) is 25.8 Å². The Balaban J connectivity index is 1.50. The highest BCUT2D eigenvalue weighted by atomic mass is 79.9. The number of Topliss-reactive ketones (excluding diaryl/α,β-unsaturated/α-hetero) is 1. The van der Waals surface area contributed by atoms with Crippen LogP contribution in [0.5, 0.6) is 17.2 Å². The van der Waals surface area contributed by atoms with Gasteiger partial charge in [-0.2, -0.15) is 0 Å².